The van der Waals surface area contributed by atoms with E-state index in [4.69, 9.17) is 27.8 Å². The molecule has 0 spiro atoms. The molecule has 3 rings (SSSR count). The third-order valence-corrected chi connectivity index (χ3v) is 19.7. The van der Waals surface area contributed by atoms with E-state index in [-0.39, 0.29) is 28.9 Å². The highest BCUT2D eigenvalue weighted by molar-refractivity contribution is 6.75. The zero-order valence-corrected chi connectivity index (χ0v) is 41.4. The third-order valence-electron chi connectivity index (χ3n) is 11.0. The van der Waals surface area contributed by atoms with Crippen molar-refractivity contribution < 1.29 is 42.2 Å². The van der Waals surface area contributed by atoms with E-state index in [9.17, 15) is 14.4 Å². The molecule has 0 saturated carbocycles. The van der Waals surface area contributed by atoms with Gasteiger partial charge in [0.1, 0.15) is 17.2 Å². The van der Waals surface area contributed by atoms with Gasteiger partial charge in [0, 0.05) is 24.2 Å². The number of aryl methyl sites for hydroxylation is 3. The highest BCUT2D eigenvalue weighted by Gasteiger charge is 2.40. The Morgan fingerprint density at radius 3 is 1.57 bits per heavy atom. The van der Waals surface area contributed by atoms with Crippen LogP contribution in [0.25, 0.3) is 0 Å². The monoisotopic (exact) mass is 861 g/mol. The molecule has 330 valence electrons. The zero-order chi connectivity index (χ0) is 46.0. The molecule has 60 heavy (non-hydrogen) atoms. The number of methoxy groups -OCH3 is 1. The SMILES string of the molecule is C=C(C(=O)OCC)C(OC(C)=O)c1ccc(C)c(O[Si](C)(C)C(C)(C)C)c1.C=C(C(=O)OCC)[C@@H](Nc1cc(C)cc(OC)c1)c1ccc(C)c(O[Si](C)(C)C(C)(C)C)c1. The second kappa shape index (κ2) is 21.1. The Balaban J connectivity index is 0.000000422. The lowest BCUT2D eigenvalue weighted by Gasteiger charge is -2.37. The number of carbonyl (C=O) groups excluding carboxylic acids is 3. The van der Waals surface area contributed by atoms with Gasteiger partial charge in [-0.3, -0.25) is 4.79 Å². The van der Waals surface area contributed by atoms with Gasteiger partial charge in [0.05, 0.1) is 37.5 Å². The van der Waals surface area contributed by atoms with Gasteiger partial charge in [-0.2, -0.15) is 0 Å². The molecule has 1 N–H and O–H groups in total. The van der Waals surface area contributed by atoms with E-state index in [0.29, 0.717) is 11.1 Å². The van der Waals surface area contributed by atoms with Crippen molar-refractivity contribution in [2.24, 2.45) is 0 Å². The van der Waals surface area contributed by atoms with Crippen molar-refractivity contribution >= 4 is 40.2 Å². The van der Waals surface area contributed by atoms with E-state index in [0.717, 1.165) is 45.2 Å². The molecule has 0 heterocycles. The van der Waals surface area contributed by atoms with Gasteiger partial charge in [-0.1, -0.05) is 79.0 Å². The van der Waals surface area contributed by atoms with Crippen molar-refractivity contribution in [2.45, 2.75) is 131 Å². The van der Waals surface area contributed by atoms with Crippen LogP contribution in [0.2, 0.25) is 36.3 Å². The number of nitrogens with one attached hydrogen (secondary N) is 1. The second-order valence-corrected chi connectivity index (χ2v) is 27.5. The Bertz CT molecular complexity index is 2010. The number of rotatable bonds is 16. The minimum atomic E-state index is -2.05. The Kier molecular flexibility index (Phi) is 18.1. The van der Waals surface area contributed by atoms with Gasteiger partial charge in [-0.05, 0) is 117 Å². The molecule has 3 aromatic carbocycles. The predicted octanol–water partition coefficient (Wildman–Crippen LogP) is 12.1. The fourth-order valence-electron chi connectivity index (χ4n) is 5.32. The summed E-state index contributed by atoms with van der Waals surface area (Å²) in [5.74, 6) is 0.789. The Hall–Kier alpha value is -4.82. The Labute approximate surface area is 362 Å². The summed E-state index contributed by atoms with van der Waals surface area (Å²) in [4.78, 5) is 36.3. The minimum Gasteiger partial charge on any atom is -0.543 e. The molecule has 0 amide bonds. The van der Waals surface area contributed by atoms with Crippen LogP contribution < -0.4 is 18.9 Å². The van der Waals surface area contributed by atoms with E-state index in [1.165, 1.54) is 6.92 Å². The molecule has 0 aliphatic carbocycles. The van der Waals surface area contributed by atoms with Gasteiger partial charge in [-0.15, -0.1) is 0 Å². The van der Waals surface area contributed by atoms with Gasteiger partial charge in [0.25, 0.3) is 0 Å². The molecule has 3 aromatic rings. The molecule has 0 bridgehead atoms. The molecular formula is C48H71NO9Si2. The largest absolute Gasteiger partial charge is 0.543 e. The summed E-state index contributed by atoms with van der Waals surface area (Å²) in [5.41, 5.74) is 5.83. The van der Waals surface area contributed by atoms with Crippen molar-refractivity contribution in [3.05, 3.63) is 107 Å². The van der Waals surface area contributed by atoms with Crippen LogP contribution in [0.1, 0.15) is 102 Å². The zero-order valence-electron chi connectivity index (χ0n) is 39.4. The maximum atomic E-state index is 12.6. The van der Waals surface area contributed by atoms with Crippen LogP contribution in [0.5, 0.6) is 17.2 Å². The first-order valence-electron chi connectivity index (χ1n) is 20.5. The highest BCUT2D eigenvalue weighted by atomic mass is 28.4. The molecule has 12 heteroatoms. The molecule has 2 atom stereocenters. The number of hydrogen-bond acceptors (Lipinski definition) is 10. The number of benzene rings is 3. The second-order valence-electron chi connectivity index (χ2n) is 18.1. The fraction of sp³-hybridized carbons (Fsp3) is 0.479. The first-order chi connectivity index (χ1) is 27.6. The molecule has 0 aromatic heterocycles. The molecule has 1 unspecified atom stereocenters. The fourth-order valence-corrected chi connectivity index (χ4v) is 7.47. The van der Waals surface area contributed by atoms with Gasteiger partial charge in [-0.25, -0.2) is 9.59 Å². The Morgan fingerprint density at radius 1 is 0.683 bits per heavy atom. The molecule has 0 aliphatic rings. The third kappa shape index (κ3) is 14.1. The highest BCUT2D eigenvalue weighted by Crippen LogP contribution is 2.41. The molecule has 0 saturated heterocycles. The van der Waals surface area contributed by atoms with E-state index in [1.807, 2.05) is 75.4 Å². The topological polar surface area (TPSA) is 119 Å². The first-order valence-corrected chi connectivity index (χ1v) is 26.3. The Morgan fingerprint density at radius 2 is 1.13 bits per heavy atom. The minimum absolute atomic E-state index is 0.0409. The summed E-state index contributed by atoms with van der Waals surface area (Å²) >= 11 is 0. The van der Waals surface area contributed by atoms with Crippen LogP contribution in [-0.2, 0) is 28.6 Å². The summed E-state index contributed by atoms with van der Waals surface area (Å²) in [5, 5.41) is 3.58. The van der Waals surface area contributed by atoms with E-state index < -0.39 is 46.7 Å². The lowest BCUT2D eigenvalue weighted by molar-refractivity contribution is -0.148. The molecule has 0 fully saturated rings. The summed E-state index contributed by atoms with van der Waals surface area (Å²) in [6.07, 6.45) is -0.913. The van der Waals surface area contributed by atoms with Crippen LogP contribution in [0, 0.1) is 20.8 Å². The number of ether oxygens (including phenoxy) is 4. The van der Waals surface area contributed by atoms with Crippen LogP contribution >= 0.6 is 0 Å². The van der Waals surface area contributed by atoms with Gasteiger partial charge in [0.15, 0.2) is 6.10 Å². The van der Waals surface area contributed by atoms with Crippen molar-refractivity contribution in [1.82, 2.24) is 0 Å². The summed E-state index contributed by atoms with van der Waals surface area (Å²) in [7, 11) is -2.45. The maximum Gasteiger partial charge on any atom is 0.337 e. The van der Waals surface area contributed by atoms with Gasteiger partial charge >= 0.3 is 17.9 Å². The lowest BCUT2D eigenvalue weighted by atomic mass is 9.97. The van der Waals surface area contributed by atoms with Crippen molar-refractivity contribution in [3.63, 3.8) is 0 Å². The van der Waals surface area contributed by atoms with Gasteiger partial charge in [0.2, 0.25) is 16.6 Å². The quantitative estimate of drug-likeness (QED) is 0.0645. The first kappa shape index (κ1) is 51.3. The van der Waals surface area contributed by atoms with Crippen LogP contribution in [0.3, 0.4) is 0 Å². The van der Waals surface area contributed by atoms with Crippen molar-refractivity contribution in [3.8, 4) is 17.2 Å². The predicted molar refractivity (Wildman–Crippen MR) is 248 cm³/mol. The number of carbonyl (C=O) groups is 3. The van der Waals surface area contributed by atoms with Crippen LogP contribution in [0.4, 0.5) is 5.69 Å². The average molecular weight is 862 g/mol. The van der Waals surface area contributed by atoms with Crippen LogP contribution in [-0.4, -0.2) is 54.9 Å². The standard InChI is InChI=1S/C27H39NO4Si.C21H32O5Si/c1-11-31-26(29)20(4)25(28-22-14-18(2)15-23(17-22)30-8)21-13-12-19(3)24(16-21)32-33(9,10)27(5,6)7;1-10-24-20(23)15(3)19(25-16(4)22)17-12-11-14(2)18(13-17)26-27(8,9)21(5,6)7/h12-17,25,28H,4,11H2,1-3,5-10H3;11-13,19H,3,10H2,1-2,4-9H3/t25-;/m1./s1. The smallest absolute Gasteiger partial charge is 0.337 e. The molecule has 10 nitrogen and oxygen atoms in total. The van der Waals surface area contributed by atoms with Crippen molar-refractivity contribution in [1.29, 1.82) is 0 Å². The normalized spacial score (nSPS) is 12.8. The van der Waals surface area contributed by atoms with E-state index >= 15 is 0 Å². The lowest BCUT2D eigenvalue weighted by Crippen LogP contribution is -2.44. The maximum absolute atomic E-state index is 12.6. The molecule has 0 aliphatic heterocycles. The number of anilines is 1. The van der Waals surface area contributed by atoms with Crippen molar-refractivity contribution in [2.75, 3.05) is 25.6 Å². The average Bonchev–Trinajstić information content (AvgIpc) is 3.13. The van der Waals surface area contributed by atoms with Crippen LogP contribution in [0.15, 0.2) is 78.9 Å². The summed E-state index contributed by atoms with van der Waals surface area (Å²) in [6, 6.07) is 17.0. The molecule has 0 radical (unpaired) electrons. The number of hydrogen-bond donors (Lipinski definition) is 1. The number of esters is 3. The van der Waals surface area contributed by atoms with E-state index in [1.54, 1.807) is 21.0 Å². The summed E-state index contributed by atoms with van der Waals surface area (Å²) in [6.45, 7) is 41.1. The molecular weight excluding hydrogens is 791 g/mol. The van der Waals surface area contributed by atoms with Gasteiger partial charge < -0.3 is 33.1 Å². The summed E-state index contributed by atoms with van der Waals surface area (Å²) < 4.78 is 34.1. The van der Waals surface area contributed by atoms with E-state index in [2.05, 4.69) is 86.2 Å².